The fraction of sp³-hybridized carbons (Fsp3) is 0.159. The molecule has 11 heteroatoms. The van der Waals surface area contributed by atoms with Crippen molar-refractivity contribution in [1.82, 2.24) is 49.4 Å². The normalized spacial score (nSPS) is 12.2. The van der Waals surface area contributed by atoms with Crippen LogP contribution in [0.25, 0.3) is 168 Å². The van der Waals surface area contributed by atoms with E-state index >= 15 is 0 Å². The molecule has 11 nitrogen and oxygen atoms in total. The molecule has 0 saturated heterocycles. The smallest absolute Gasteiger partial charge is 0.233 e. The third-order valence-electron chi connectivity index (χ3n) is 21.9. The van der Waals surface area contributed by atoms with Crippen LogP contribution in [0.15, 0.2) is 340 Å². The molecule has 0 aliphatic carbocycles. The first kappa shape index (κ1) is 78.0. The summed E-state index contributed by atoms with van der Waals surface area (Å²) in [5.41, 5.74) is 32.9. The number of rotatable bonds is 18. The molecule has 0 aliphatic heterocycles. The number of aliphatic imine (C=N–C) groups is 1. The Kier molecular flexibility index (Phi) is 21.4. The zero-order valence-corrected chi connectivity index (χ0v) is 69.3. The molecular formula is C107H95N11. The summed E-state index contributed by atoms with van der Waals surface area (Å²) in [7, 11) is 0. The summed E-state index contributed by atoms with van der Waals surface area (Å²) in [6.45, 7) is 32.0. The van der Waals surface area contributed by atoms with Gasteiger partial charge in [-0.1, -0.05) is 229 Å². The Morgan fingerprint density at radius 3 is 0.847 bits per heavy atom. The number of benzene rings is 7. The Balaban J connectivity index is 0.899. The Hall–Kier alpha value is -13.9. The molecule has 0 unspecified atom stereocenters. The van der Waals surface area contributed by atoms with E-state index in [1.165, 1.54) is 0 Å². The average Bonchev–Trinajstić information content (AvgIpc) is 0.805. The Labute approximate surface area is 693 Å². The van der Waals surface area contributed by atoms with Gasteiger partial charge in [0.05, 0.1) is 22.8 Å². The molecule has 0 saturated carbocycles. The molecule has 0 bridgehead atoms. The van der Waals surface area contributed by atoms with Gasteiger partial charge in [-0.05, 0) is 224 Å². The molecule has 9 aromatic heterocycles. The molecule has 118 heavy (non-hydrogen) atoms. The van der Waals surface area contributed by atoms with Gasteiger partial charge >= 0.3 is 0 Å². The van der Waals surface area contributed by atoms with Crippen molar-refractivity contribution in [2.75, 3.05) is 0 Å². The first-order valence-corrected chi connectivity index (χ1v) is 40.3. The summed E-state index contributed by atoms with van der Waals surface area (Å²) >= 11 is 0. The molecule has 0 amide bonds. The van der Waals surface area contributed by atoms with Gasteiger partial charge in [-0.15, -0.1) is 0 Å². The minimum atomic E-state index is -0.162. The average molecular weight is 1540 g/mol. The Morgan fingerprint density at radius 2 is 0.568 bits per heavy atom. The van der Waals surface area contributed by atoms with Crippen LogP contribution in [0.3, 0.4) is 0 Å². The maximum Gasteiger partial charge on any atom is 0.233 e. The minimum Gasteiger partial charge on any atom is -0.293 e. The van der Waals surface area contributed by atoms with Gasteiger partial charge in [-0.25, -0.2) is 9.97 Å². The third kappa shape index (κ3) is 16.7. The summed E-state index contributed by atoms with van der Waals surface area (Å²) < 4.78 is 1.94. The van der Waals surface area contributed by atoms with Gasteiger partial charge in [0.25, 0.3) is 0 Å². The molecule has 9 heterocycles. The largest absolute Gasteiger partial charge is 0.293 e. The van der Waals surface area contributed by atoms with Crippen LogP contribution in [-0.4, -0.2) is 56.1 Å². The molecule has 578 valence electrons. The maximum absolute atomic E-state index is 5.18. The summed E-state index contributed by atoms with van der Waals surface area (Å²) in [4.78, 5) is 49.9. The predicted molar refractivity (Wildman–Crippen MR) is 489 cm³/mol. The van der Waals surface area contributed by atoms with Gasteiger partial charge in [0.1, 0.15) is 0 Å². The summed E-state index contributed by atoms with van der Waals surface area (Å²) in [6, 6.07) is 89.3. The second-order valence-electron chi connectivity index (χ2n) is 34.5. The van der Waals surface area contributed by atoms with Crippen molar-refractivity contribution in [3.63, 3.8) is 0 Å². The Morgan fingerprint density at radius 1 is 0.280 bits per heavy atom. The number of pyridine rings is 7. The highest BCUT2D eigenvalue weighted by Gasteiger charge is 2.25. The lowest BCUT2D eigenvalue weighted by molar-refractivity contribution is 0.499. The lowest BCUT2D eigenvalue weighted by Gasteiger charge is -2.21. The first-order valence-electron chi connectivity index (χ1n) is 40.3. The van der Waals surface area contributed by atoms with Gasteiger partial charge in [0, 0.05) is 163 Å². The van der Waals surface area contributed by atoms with Crippen molar-refractivity contribution in [1.29, 1.82) is 0 Å². The highest BCUT2D eigenvalue weighted by atomic mass is 15.1. The first-order chi connectivity index (χ1) is 56.9. The van der Waals surface area contributed by atoms with Crippen molar-refractivity contribution >= 4 is 12.3 Å². The molecule has 16 aromatic rings. The SMILES string of the molecule is C=N/C(=C\C=C(/C)c1ccc(-c2ccccc2-c2cc(-c3ccccc3-c3ccc(-c4ccc(C(C)(C)C)nc4)nc3)cc(-c3cccc(-c4cc(-c5ccccc5-c5ccc(-c6ccc(C(C)(C)C)nc6)nc5)cc(-c5ccccc5-c5ccc(-c6ccc(C(C)(C)C)nc6)nc5)c4)c3-c3cnc(-n4cccc4)nc3)c2)cn1)C(C)(C)C. The minimum absolute atomic E-state index is 0.0799. The summed E-state index contributed by atoms with van der Waals surface area (Å²) in [5.74, 6) is 0.556. The molecule has 0 N–H and O–H groups in total. The maximum atomic E-state index is 5.18. The van der Waals surface area contributed by atoms with Crippen molar-refractivity contribution in [2.45, 2.75) is 106 Å². The monoisotopic (exact) mass is 1530 g/mol. The quantitative estimate of drug-likeness (QED) is 0.0608. The second-order valence-corrected chi connectivity index (χ2v) is 34.5. The molecule has 0 atom stereocenters. The number of allylic oxidation sites excluding steroid dienone is 4. The van der Waals surface area contributed by atoms with E-state index in [9.17, 15) is 0 Å². The molecule has 0 fully saturated rings. The van der Waals surface area contributed by atoms with E-state index in [0.717, 1.165) is 190 Å². The highest BCUT2D eigenvalue weighted by molar-refractivity contribution is 6.01. The van der Waals surface area contributed by atoms with Crippen molar-refractivity contribution in [2.24, 2.45) is 10.4 Å². The van der Waals surface area contributed by atoms with E-state index < -0.39 is 0 Å². The standard InChI is InChI=1S/C107H95N11/c1-69(36-48-98(108-14)104(2,3)4)94-44-37-70(60-109-94)84-26-15-19-30-88(84)77-54-78(89-31-20-16-27-85(89)71-38-45-95(110-61-71)74-41-49-99(113-64-74)105(5,6)7)57-81(56-77)92-34-25-35-93(102(92)83-67-116-103(117-68-83)118-52-23-24-53-118)82-58-79(90-32-21-17-28-86(90)72-39-46-96(111-62-72)75-42-50-100(114-65-75)106(8,9)10)55-80(59-82)91-33-22-18-29-87(91)73-40-47-97(112-63-73)76-43-51-101(115-66-76)107(11,12)13/h15-68H,14H2,1-13H3/b69-36+,98-48-. The van der Waals surface area contributed by atoms with E-state index in [-0.39, 0.29) is 21.7 Å². The van der Waals surface area contributed by atoms with Gasteiger partial charge in [-0.2, -0.15) is 0 Å². The molecule has 16 rings (SSSR count). The van der Waals surface area contributed by atoms with Crippen molar-refractivity contribution in [3.05, 3.63) is 358 Å². The summed E-state index contributed by atoms with van der Waals surface area (Å²) in [6.07, 6.45) is 25.8. The number of hydrogen-bond donors (Lipinski definition) is 0. The number of nitrogens with zero attached hydrogens (tertiary/aromatic N) is 11. The molecule has 0 radical (unpaired) electrons. The number of hydrogen-bond acceptors (Lipinski definition) is 10. The van der Waals surface area contributed by atoms with Crippen LogP contribution in [0.1, 0.15) is 113 Å². The van der Waals surface area contributed by atoms with Crippen LogP contribution in [0.4, 0.5) is 0 Å². The fourth-order valence-electron chi connectivity index (χ4n) is 15.3. The van der Waals surface area contributed by atoms with E-state index in [4.69, 9.17) is 44.9 Å². The lowest BCUT2D eigenvalue weighted by Crippen LogP contribution is -2.12. The van der Waals surface area contributed by atoms with Gasteiger partial charge in [-0.3, -0.25) is 44.4 Å². The van der Waals surface area contributed by atoms with Gasteiger partial charge < -0.3 is 0 Å². The molecule has 0 spiro atoms. The molecular weight excluding hydrogens is 1440 g/mol. The fourth-order valence-corrected chi connectivity index (χ4v) is 15.3. The van der Waals surface area contributed by atoms with Crippen LogP contribution in [0, 0.1) is 5.41 Å². The number of aromatic nitrogens is 10. The molecule has 0 aliphatic rings. The van der Waals surface area contributed by atoms with Gasteiger partial charge in [0.2, 0.25) is 5.95 Å². The van der Waals surface area contributed by atoms with Crippen LogP contribution in [0.2, 0.25) is 0 Å². The lowest BCUT2D eigenvalue weighted by atomic mass is 9.83. The second kappa shape index (κ2) is 32.4. The van der Waals surface area contributed by atoms with Gasteiger partial charge in [0.15, 0.2) is 0 Å². The highest BCUT2D eigenvalue weighted by Crippen LogP contribution is 2.48. The Bertz CT molecular complexity index is 6230. The van der Waals surface area contributed by atoms with Crippen LogP contribution in [0.5, 0.6) is 0 Å². The zero-order valence-electron chi connectivity index (χ0n) is 69.3. The topological polar surface area (TPSA) is 133 Å². The third-order valence-corrected chi connectivity index (χ3v) is 21.9. The van der Waals surface area contributed by atoms with Crippen LogP contribution >= 0.6 is 0 Å². The summed E-state index contributed by atoms with van der Waals surface area (Å²) in [5, 5.41) is 0. The molecule has 7 aromatic carbocycles. The van der Waals surface area contributed by atoms with E-state index in [1.807, 2.05) is 90.9 Å². The predicted octanol–water partition coefficient (Wildman–Crippen LogP) is 27.3. The zero-order chi connectivity index (χ0) is 82.0. The van der Waals surface area contributed by atoms with E-state index in [0.29, 0.717) is 5.95 Å². The van der Waals surface area contributed by atoms with Crippen molar-refractivity contribution in [3.8, 4) is 162 Å². The van der Waals surface area contributed by atoms with E-state index in [2.05, 4.69) is 344 Å². The van der Waals surface area contributed by atoms with E-state index in [1.54, 1.807) is 0 Å². The van der Waals surface area contributed by atoms with Crippen molar-refractivity contribution < 1.29 is 0 Å². The van der Waals surface area contributed by atoms with Crippen LogP contribution < -0.4 is 0 Å². The van der Waals surface area contributed by atoms with Crippen LogP contribution in [-0.2, 0) is 16.2 Å².